The Morgan fingerprint density at radius 3 is 2.46 bits per heavy atom. The number of ether oxygens (including phenoxy) is 1. The van der Waals surface area contributed by atoms with Gasteiger partial charge in [0.25, 0.3) is 0 Å². The monoisotopic (exact) mass is 425 g/mol. The number of hydrogen-bond acceptors (Lipinski definition) is 3. The third-order valence-corrected chi connectivity index (χ3v) is 6.77. The molecule has 0 heterocycles. The van der Waals surface area contributed by atoms with Gasteiger partial charge in [0.15, 0.2) is 0 Å². The van der Waals surface area contributed by atoms with Crippen molar-refractivity contribution in [1.82, 2.24) is 5.32 Å². The van der Waals surface area contributed by atoms with Gasteiger partial charge in [-0.05, 0) is 58.2 Å². The minimum atomic E-state index is -0.602. The van der Waals surface area contributed by atoms with Crippen molar-refractivity contribution in [2.24, 2.45) is 29.1 Å². The SMILES string of the molecule is COC(=O)[C@H]1[C@H](C(=O)NCc2cc(F)c(Br)cc2F)[C@@H]2C=C[C@H]1C21CC1. The van der Waals surface area contributed by atoms with Crippen molar-refractivity contribution in [1.29, 1.82) is 0 Å². The Kier molecular flexibility index (Phi) is 4.17. The van der Waals surface area contributed by atoms with E-state index < -0.39 is 23.5 Å². The molecule has 7 heteroatoms. The van der Waals surface area contributed by atoms with Crippen molar-refractivity contribution in [3.05, 3.63) is 46.0 Å². The summed E-state index contributed by atoms with van der Waals surface area (Å²) in [5.41, 5.74) is 0.0732. The third kappa shape index (κ3) is 2.51. The van der Waals surface area contributed by atoms with E-state index in [9.17, 15) is 18.4 Å². The van der Waals surface area contributed by atoms with E-state index >= 15 is 0 Å². The predicted molar refractivity (Wildman–Crippen MR) is 92.7 cm³/mol. The van der Waals surface area contributed by atoms with Crippen LogP contribution in [-0.4, -0.2) is 19.0 Å². The minimum absolute atomic E-state index is 0.00287. The molecule has 1 amide bonds. The summed E-state index contributed by atoms with van der Waals surface area (Å²) < 4.78 is 32.6. The lowest BCUT2D eigenvalue weighted by molar-refractivity contribution is -0.151. The molecule has 0 radical (unpaired) electrons. The van der Waals surface area contributed by atoms with Crippen LogP contribution in [0.4, 0.5) is 8.78 Å². The van der Waals surface area contributed by atoms with E-state index in [4.69, 9.17) is 4.74 Å². The summed E-state index contributed by atoms with van der Waals surface area (Å²) in [6.45, 7) is -0.132. The van der Waals surface area contributed by atoms with Crippen molar-refractivity contribution in [2.75, 3.05) is 7.11 Å². The highest BCUT2D eigenvalue weighted by molar-refractivity contribution is 9.10. The fourth-order valence-electron chi connectivity index (χ4n) is 4.81. The molecular formula is C19H18BrF2NO3. The van der Waals surface area contributed by atoms with Gasteiger partial charge in [0.2, 0.25) is 5.91 Å². The van der Waals surface area contributed by atoms with Crippen molar-refractivity contribution < 1.29 is 23.1 Å². The van der Waals surface area contributed by atoms with Crippen LogP contribution in [0.25, 0.3) is 0 Å². The van der Waals surface area contributed by atoms with Crippen LogP contribution in [0.5, 0.6) is 0 Å². The van der Waals surface area contributed by atoms with Gasteiger partial charge in [-0.1, -0.05) is 12.2 Å². The Morgan fingerprint density at radius 2 is 1.85 bits per heavy atom. The lowest BCUT2D eigenvalue weighted by Crippen LogP contribution is -2.40. The maximum absolute atomic E-state index is 14.0. The standard InChI is InChI=1S/C19H18BrF2NO3/c1-26-18(25)16-11-3-2-10(19(11)4-5-19)15(16)17(24)23-8-9-6-14(22)12(20)7-13(9)21/h2-3,6-7,10-11,15-16H,4-5,8H2,1H3,(H,23,24)/t10-,11+,15+,16+/m0/s1. The molecule has 4 atom stereocenters. The number of carbonyl (C=O) groups excluding carboxylic acids is 2. The summed E-state index contributed by atoms with van der Waals surface area (Å²) in [6, 6.07) is 2.09. The molecule has 0 aromatic heterocycles. The zero-order valence-electron chi connectivity index (χ0n) is 14.1. The van der Waals surface area contributed by atoms with E-state index in [0.717, 1.165) is 25.0 Å². The van der Waals surface area contributed by atoms with Gasteiger partial charge in [-0.25, -0.2) is 8.78 Å². The van der Waals surface area contributed by atoms with Gasteiger partial charge in [-0.3, -0.25) is 9.59 Å². The number of methoxy groups -OCH3 is 1. The van der Waals surface area contributed by atoms with Crippen molar-refractivity contribution >= 4 is 27.8 Å². The summed E-state index contributed by atoms with van der Waals surface area (Å²) in [6.07, 6.45) is 6.06. The van der Waals surface area contributed by atoms with E-state index in [1.54, 1.807) is 0 Å². The molecule has 3 aliphatic carbocycles. The number of esters is 1. The summed E-state index contributed by atoms with van der Waals surface area (Å²) in [5.74, 6) is -2.90. The molecule has 2 fully saturated rings. The number of rotatable bonds is 4. The molecular weight excluding hydrogens is 408 g/mol. The first kappa shape index (κ1) is 17.6. The summed E-state index contributed by atoms with van der Waals surface area (Å²) in [5, 5.41) is 2.69. The molecule has 1 aromatic rings. The number of amides is 1. The second kappa shape index (κ2) is 6.15. The zero-order chi connectivity index (χ0) is 18.6. The highest BCUT2D eigenvalue weighted by Gasteiger charge is 2.70. The number of carbonyl (C=O) groups is 2. The smallest absolute Gasteiger partial charge is 0.310 e. The quantitative estimate of drug-likeness (QED) is 0.457. The maximum Gasteiger partial charge on any atom is 0.310 e. The molecule has 1 N–H and O–H groups in total. The summed E-state index contributed by atoms with van der Waals surface area (Å²) >= 11 is 2.93. The van der Waals surface area contributed by atoms with Crippen LogP contribution in [0.2, 0.25) is 0 Å². The van der Waals surface area contributed by atoms with Crippen LogP contribution >= 0.6 is 15.9 Å². The number of benzene rings is 1. The van der Waals surface area contributed by atoms with Crippen molar-refractivity contribution in [2.45, 2.75) is 19.4 Å². The molecule has 2 bridgehead atoms. The van der Waals surface area contributed by atoms with Gasteiger partial charge in [0.05, 0.1) is 23.4 Å². The average Bonchev–Trinajstić information content (AvgIpc) is 3.29. The van der Waals surface area contributed by atoms with Gasteiger partial charge in [0.1, 0.15) is 11.6 Å². The van der Waals surface area contributed by atoms with E-state index in [0.29, 0.717) is 0 Å². The Bertz CT molecular complexity index is 821. The molecule has 138 valence electrons. The minimum Gasteiger partial charge on any atom is -0.469 e. The number of hydrogen-bond donors (Lipinski definition) is 1. The molecule has 1 spiro atoms. The Hall–Kier alpha value is -1.76. The van der Waals surface area contributed by atoms with E-state index in [1.165, 1.54) is 7.11 Å². The maximum atomic E-state index is 14.0. The first-order valence-electron chi connectivity index (χ1n) is 8.56. The zero-order valence-corrected chi connectivity index (χ0v) is 15.7. The van der Waals surface area contributed by atoms with E-state index in [2.05, 4.69) is 21.2 Å². The summed E-state index contributed by atoms with van der Waals surface area (Å²) in [7, 11) is 1.33. The fourth-order valence-corrected chi connectivity index (χ4v) is 5.13. The lowest BCUT2D eigenvalue weighted by Gasteiger charge is -2.25. The molecule has 4 nitrogen and oxygen atoms in total. The van der Waals surface area contributed by atoms with E-state index in [-0.39, 0.29) is 45.7 Å². The third-order valence-electron chi connectivity index (χ3n) is 6.16. The van der Waals surface area contributed by atoms with Crippen LogP contribution in [-0.2, 0) is 20.9 Å². The molecule has 3 aliphatic rings. The van der Waals surface area contributed by atoms with Gasteiger partial charge in [-0.2, -0.15) is 0 Å². The molecule has 0 aliphatic heterocycles. The van der Waals surface area contributed by atoms with Crippen molar-refractivity contribution in [3.63, 3.8) is 0 Å². The highest BCUT2D eigenvalue weighted by Crippen LogP contribution is 2.72. The van der Waals surface area contributed by atoms with Crippen LogP contribution in [0.15, 0.2) is 28.8 Å². The van der Waals surface area contributed by atoms with Crippen LogP contribution in [0, 0.1) is 40.7 Å². The largest absolute Gasteiger partial charge is 0.469 e. The van der Waals surface area contributed by atoms with Crippen LogP contribution < -0.4 is 5.32 Å². The number of nitrogens with one attached hydrogen (secondary N) is 1. The average molecular weight is 426 g/mol. The van der Waals surface area contributed by atoms with Crippen molar-refractivity contribution in [3.8, 4) is 0 Å². The molecule has 0 saturated heterocycles. The number of halogens is 3. The second-order valence-corrected chi connectivity index (χ2v) is 8.17. The van der Waals surface area contributed by atoms with Gasteiger partial charge in [0, 0.05) is 12.1 Å². The summed E-state index contributed by atoms with van der Waals surface area (Å²) in [4.78, 5) is 25.1. The molecule has 2 saturated carbocycles. The molecule has 0 unspecified atom stereocenters. The Morgan fingerprint density at radius 1 is 1.19 bits per heavy atom. The lowest BCUT2D eigenvalue weighted by atomic mass is 9.82. The normalized spacial score (nSPS) is 29.8. The van der Waals surface area contributed by atoms with Gasteiger partial charge >= 0.3 is 5.97 Å². The predicted octanol–water partition coefficient (Wildman–Crippen LogP) is 3.34. The first-order chi connectivity index (χ1) is 12.4. The highest BCUT2D eigenvalue weighted by atomic mass is 79.9. The molecule has 26 heavy (non-hydrogen) atoms. The Balaban J connectivity index is 1.53. The van der Waals surface area contributed by atoms with Gasteiger partial charge in [-0.15, -0.1) is 0 Å². The van der Waals surface area contributed by atoms with E-state index in [1.807, 2.05) is 12.2 Å². The van der Waals surface area contributed by atoms with Crippen LogP contribution in [0.3, 0.4) is 0 Å². The number of allylic oxidation sites excluding steroid dienone is 2. The van der Waals surface area contributed by atoms with Crippen LogP contribution in [0.1, 0.15) is 18.4 Å². The molecule has 4 rings (SSSR count). The second-order valence-electron chi connectivity index (χ2n) is 7.32. The Labute approximate surface area is 158 Å². The fraction of sp³-hybridized carbons (Fsp3) is 0.474. The first-order valence-corrected chi connectivity index (χ1v) is 9.35. The van der Waals surface area contributed by atoms with Gasteiger partial charge < -0.3 is 10.1 Å². The topological polar surface area (TPSA) is 55.4 Å². The molecule has 1 aromatic carbocycles.